The predicted molar refractivity (Wildman–Crippen MR) is 224 cm³/mol. The average molecular weight is 697 g/mol. The third-order valence-electron chi connectivity index (χ3n) is 10.4. The zero-order valence-corrected chi connectivity index (χ0v) is 31.0. The van der Waals surface area contributed by atoms with Gasteiger partial charge >= 0.3 is 0 Å². The monoisotopic (exact) mass is 696 g/mol. The minimum atomic E-state index is -0.0155. The Labute approximate surface area is 317 Å². The average Bonchev–Trinajstić information content (AvgIpc) is 3.94. The number of hydrogen-bond acceptors (Lipinski definition) is 4. The second-order valence-corrected chi connectivity index (χ2v) is 14.5. The lowest BCUT2D eigenvalue weighted by Gasteiger charge is -2.13. The summed E-state index contributed by atoms with van der Waals surface area (Å²) in [5.74, 6) is 0.756. The number of nitrogens with zero attached hydrogens (tertiary/aromatic N) is 4. The minimum absolute atomic E-state index is 0.0155. The van der Waals surface area contributed by atoms with E-state index in [2.05, 4.69) is 175 Å². The number of aliphatic imine (C=N–C) groups is 2. The van der Waals surface area contributed by atoms with Gasteiger partial charge in [0.1, 0.15) is 6.04 Å². The molecule has 0 fully saturated rings. The van der Waals surface area contributed by atoms with E-state index in [4.69, 9.17) is 9.98 Å². The molecule has 0 aliphatic carbocycles. The highest BCUT2D eigenvalue weighted by atomic mass is 15.0. The number of rotatable bonds is 8. The van der Waals surface area contributed by atoms with Gasteiger partial charge in [0.2, 0.25) is 0 Å². The van der Waals surface area contributed by atoms with Gasteiger partial charge in [-0.05, 0) is 143 Å². The zero-order chi connectivity index (χ0) is 36.8. The highest BCUT2D eigenvalue weighted by molar-refractivity contribution is 6.15. The van der Waals surface area contributed by atoms with E-state index in [1.165, 1.54) is 50.1 Å². The summed E-state index contributed by atoms with van der Waals surface area (Å²) in [6.45, 7) is 8.26. The van der Waals surface area contributed by atoms with Crippen LogP contribution in [0.5, 0.6) is 0 Å². The van der Waals surface area contributed by atoms with Gasteiger partial charge in [-0.25, -0.2) is 9.97 Å². The molecule has 2 aliphatic heterocycles. The molecule has 0 bridgehead atoms. The number of aromatic nitrogens is 2. The molecular weight excluding hydrogens is 657 g/mol. The van der Waals surface area contributed by atoms with E-state index >= 15 is 0 Å². The van der Waals surface area contributed by atoms with Gasteiger partial charge in [-0.2, -0.15) is 0 Å². The topological polar surface area (TPSA) is 50.5 Å². The molecule has 0 spiro atoms. The van der Waals surface area contributed by atoms with E-state index in [-0.39, 0.29) is 12.1 Å². The Bertz CT molecular complexity index is 2600. The maximum absolute atomic E-state index is 5.17. The summed E-state index contributed by atoms with van der Waals surface area (Å²) in [7, 11) is 0. The van der Waals surface area contributed by atoms with Crippen LogP contribution < -0.4 is 0 Å². The molecule has 2 atom stereocenters. The van der Waals surface area contributed by atoms with Gasteiger partial charge in [0.15, 0.2) is 5.82 Å². The molecule has 7 aromatic rings. The fourth-order valence-corrected chi connectivity index (χ4v) is 7.69. The number of hydrogen-bond donors (Lipinski definition) is 0. The molecule has 6 aromatic carbocycles. The molecule has 1 aromatic heterocycles. The Kier molecular flexibility index (Phi) is 8.51. The van der Waals surface area contributed by atoms with Gasteiger partial charge in [-0.15, -0.1) is 0 Å². The third kappa shape index (κ3) is 6.75. The van der Waals surface area contributed by atoms with Crippen LogP contribution in [-0.4, -0.2) is 21.4 Å². The smallest absolute Gasteiger partial charge is 0.159 e. The Morgan fingerprint density at radius 1 is 0.370 bits per heavy atom. The molecule has 54 heavy (non-hydrogen) atoms. The first kappa shape index (κ1) is 33.3. The van der Waals surface area contributed by atoms with Crippen molar-refractivity contribution in [2.45, 2.75) is 39.8 Å². The van der Waals surface area contributed by atoms with Crippen molar-refractivity contribution in [2.24, 2.45) is 9.98 Å². The van der Waals surface area contributed by atoms with Crippen molar-refractivity contribution in [3.63, 3.8) is 0 Å². The van der Waals surface area contributed by atoms with Crippen LogP contribution in [0.4, 0.5) is 0 Å². The van der Waals surface area contributed by atoms with Gasteiger partial charge < -0.3 is 0 Å². The second-order valence-electron chi connectivity index (χ2n) is 14.5. The maximum Gasteiger partial charge on any atom is 0.159 e. The van der Waals surface area contributed by atoms with Gasteiger partial charge in [0, 0.05) is 22.7 Å². The van der Waals surface area contributed by atoms with Crippen LogP contribution in [0.2, 0.25) is 0 Å². The molecule has 0 N–H and O–H groups in total. The zero-order valence-electron chi connectivity index (χ0n) is 31.0. The Morgan fingerprint density at radius 3 is 1.35 bits per heavy atom. The third-order valence-corrected chi connectivity index (χ3v) is 10.4. The summed E-state index contributed by atoms with van der Waals surface area (Å²) in [5.41, 5.74) is 19.4. The van der Waals surface area contributed by atoms with E-state index in [1.54, 1.807) is 0 Å². The molecule has 9 rings (SSSR count). The lowest BCUT2D eigenvalue weighted by molar-refractivity contribution is 0.870. The first-order valence-electron chi connectivity index (χ1n) is 18.6. The molecule has 2 unspecified atom stereocenters. The lowest BCUT2D eigenvalue weighted by atomic mass is 9.91. The molecule has 260 valence electrons. The molecule has 3 heterocycles. The second kappa shape index (κ2) is 13.8. The highest BCUT2D eigenvalue weighted by Crippen LogP contribution is 2.42. The molecule has 0 saturated carbocycles. The fourth-order valence-electron chi connectivity index (χ4n) is 7.69. The maximum atomic E-state index is 5.17. The summed E-state index contributed by atoms with van der Waals surface area (Å²) >= 11 is 0. The first-order chi connectivity index (χ1) is 26.3. The summed E-state index contributed by atoms with van der Waals surface area (Å²) < 4.78 is 0. The number of allylic oxidation sites excluding steroid dienone is 1. The van der Waals surface area contributed by atoms with Gasteiger partial charge in [-0.1, -0.05) is 109 Å². The van der Waals surface area contributed by atoms with Crippen molar-refractivity contribution in [2.75, 3.05) is 0 Å². The van der Waals surface area contributed by atoms with E-state index in [0.717, 1.165) is 50.9 Å². The molecule has 2 aliphatic rings. The Balaban J connectivity index is 1.07. The van der Waals surface area contributed by atoms with Crippen molar-refractivity contribution >= 4 is 11.4 Å². The summed E-state index contributed by atoms with van der Waals surface area (Å²) in [6, 6.07) is 54.7. The van der Waals surface area contributed by atoms with E-state index in [9.17, 15) is 0 Å². The van der Waals surface area contributed by atoms with Crippen LogP contribution in [0, 0.1) is 13.8 Å². The van der Waals surface area contributed by atoms with Crippen LogP contribution in [0.15, 0.2) is 173 Å². The number of aryl methyl sites for hydroxylation is 2. The molecule has 0 amide bonds. The minimum Gasteiger partial charge on any atom is -0.278 e. The standard InChI is InChI=1S/C50H40N4/c1-31-23-32(2)51-47(31)39-19-15-37(16-20-39)43-25-41(35-11-7-5-8-12-35)27-45(29-43)48-49(54-48)46-28-42(36-13-9-6-10-14-36)26-44(30-46)38-17-21-40(22-18-38)50-52-33(3)24-34(4)53-50/h5-30,47-48H,1-4H3. The van der Waals surface area contributed by atoms with Crippen LogP contribution in [0.3, 0.4) is 0 Å². The molecule has 0 radical (unpaired) electrons. The first-order valence-corrected chi connectivity index (χ1v) is 18.6. The van der Waals surface area contributed by atoms with Crippen molar-refractivity contribution in [3.05, 3.63) is 191 Å². The van der Waals surface area contributed by atoms with Crippen LogP contribution >= 0.6 is 0 Å². The molecule has 4 heteroatoms. The van der Waals surface area contributed by atoms with Crippen molar-refractivity contribution in [1.82, 2.24) is 9.97 Å². The largest absolute Gasteiger partial charge is 0.278 e. The number of benzene rings is 6. The highest BCUT2D eigenvalue weighted by Gasteiger charge is 2.32. The van der Waals surface area contributed by atoms with Crippen molar-refractivity contribution in [1.29, 1.82) is 0 Å². The van der Waals surface area contributed by atoms with Gasteiger partial charge in [-0.3, -0.25) is 9.98 Å². The van der Waals surface area contributed by atoms with Crippen LogP contribution in [0.1, 0.15) is 54.0 Å². The Morgan fingerprint density at radius 2 is 0.833 bits per heavy atom. The summed E-state index contributed by atoms with van der Waals surface area (Å²) in [6.07, 6.45) is 2.18. The van der Waals surface area contributed by atoms with Crippen molar-refractivity contribution in [3.8, 4) is 55.9 Å². The fraction of sp³-hybridized carbons (Fsp3) is 0.120. The van der Waals surface area contributed by atoms with Crippen LogP contribution in [0.25, 0.3) is 55.9 Å². The molecule has 0 saturated heterocycles. The predicted octanol–water partition coefficient (Wildman–Crippen LogP) is 12.4. The quantitative estimate of drug-likeness (QED) is 0.159. The van der Waals surface area contributed by atoms with Crippen molar-refractivity contribution < 1.29 is 0 Å². The van der Waals surface area contributed by atoms with E-state index in [0.29, 0.717) is 0 Å². The van der Waals surface area contributed by atoms with Gasteiger partial charge in [0.05, 0.1) is 11.8 Å². The van der Waals surface area contributed by atoms with Gasteiger partial charge in [0.25, 0.3) is 0 Å². The normalized spacial score (nSPS) is 16.1. The Hall–Kier alpha value is -6.52. The molecule has 4 nitrogen and oxygen atoms in total. The SMILES string of the molecule is CC1=CC(C)=NC1c1ccc(-c2cc(-c3ccccc3)cc(C3N=C3c3cc(-c4ccccc4)cc(-c4ccc(-c5nc(C)cc(C)n5)cc4)c3)c2)cc1. The molecular formula is C50H40N4. The lowest BCUT2D eigenvalue weighted by Crippen LogP contribution is -1.97. The summed E-state index contributed by atoms with van der Waals surface area (Å²) in [5, 5.41) is 0. The summed E-state index contributed by atoms with van der Waals surface area (Å²) in [4.78, 5) is 19.4. The van der Waals surface area contributed by atoms with E-state index < -0.39 is 0 Å². The van der Waals surface area contributed by atoms with E-state index in [1.807, 2.05) is 19.9 Å². The van der Waals surface area contributed by atoms with Crippen LogP contribution in [-0.2, 0) is 0 Å².